The third-order valence-corrected chi connectivity index (χ3v) is 7.09. The van der Waals surface area contributed by atoms with E-state index in [0.29, 0.717) is 19.6 Å². The van der Waals surface area contributed by atoms with Gasteiger partial charge in [-0.15, -0.1) is 0 Å². The Morgan fingerprint density at radius 1 is 0.968 bits per heavy atom. The van der Waals surface area contributed by atoms with Crippen LogP contribution in [0.2, 0.25) is 0 Å². The van der Waals surface area contributed by atoms with E-state index in [-0.39, 0.29) is 5.92 Å². The van der Waals surface area contributed by atoms with Crippen molar-refractivity contribution in [2.24, 2.45) is 5.92 Å². The first-order valence-electron chi connectivity index (χ1n) is 11.3. The lowest BCUT2D eigenvalue weighted by Crippen LogP contribution is -2.58. The second-order valence-corrected chi connectivity index (χ2v) is 9.27. The average molecular weight is 419 g/mol. The van der Waals surface area contributed by atoms with Gasteiger partial charge in [-0.25, -0.2) is 0 Å². The largest absolute Gasteiger partial charge is 0.389 e. The van der Waals surface area contributed by atoms with Gasteiger partial charge in [0.1, 0.15) is 5.60 Å². The van der Waals surface area contributed by atoms with Crippen molar-refractivity contribution in [3.8, 4) is 11.8 Å². The number of hydrogen-bond acceptors (Lipinski definition) is 5. The Morgan fingerprint density at radius 3 is 2.32 bits per heavy atom. The van der Waals surface area contributed by atoms with Crippen molar-refractivity contribution >= 4 is 5.69 Å². The molecule has 2 aromatic rings. The van der Waals surface area contributed by atoms with E-state index in [4.69, 9.17) is 0 Å². The van der Waals surface area contributed by atoms with Gasteiger partial charge in [-0.3, -0.25) is 4.90 Å². The topological polar surface area (TPSA) is 67.2 Å². The number of hydrogen-bond donors (Lipinski definition) is 3. The fourth-order valence-corrected chi connectivity index (χ4v) is 5.20. The molecule has 31 heavy (non-hydrogen) atoms. The summed E-state index contributed by atoms with van der Waals surface area (Å²) in [5.41, 5.74) is 3.27. The van der Waals surface area contributed by atoms with Crippen LogP contribution in [0.25, 0.3) is 0 Å². The Labute approximate surface area is 183 Å². The molecule has 3 N–H and O–H groups in total. The number of piperidine rings is 3. The van der Waals surface area contributed by atoms with Crippen molar-refractivity contribution in [3.05, 3.63) is 65.2 Å². The molecule has 0 spiro atoms. The molecule has 4 fully saturated rings. The van der Waals surface area contributed by atoms with Crippen LogP contribution in [0, 0.1) is 17.8 Å². The number of anilines is 1. The quantitative estimate of drug-likeness (QED) is 0.661. The van der Waals surface area contributed by atoms with Crippen molar-refractivity contribution < 1.29 is 15.3 Å². The second-order valence-electron chi connectivity index (χ2n) is 9.27. The van der Waals surface area contributed by atoms with Crippen LogP contribution >= 0.6 is 0 Å². The predicted molar refractivity (Wildman–Crippen MR) is 121 cm³/mol. The number of β-amino-alcohol motifs (C(OH)–C–C–N with tert-alkyl or cyclic N) is 2. The first kappa shape index (κ1) is 20.5. The van der Waals surface area contributed by atoms with Crippen LogP contribution in [0.4, 0.5) is 5.69 Å². The zero-order chi connectivity index (χ0) is 21.4. The first-order chi connectivity index (χ1) is 15.0. The molecular weight excluding hydrogens is 388 g/mol. The normalized spacial score (nSPS) is 32.0. The van der Waals surface area contributed by atoms with Crippen LogP contribution in [0.1, 0.15) is 29.5 Å². The molecule has 1 unspecified atom stereocenters. The van der Waals surface area contributed by atoms with Gasteiger partial charge in [-0.05, 0) is 61.7 Å². The zero-order valence-corrected chi connectivity index (χ0v) is 17.7. The number of aliphatic hydroxyl groups is 3. The summed E-state index contributed by atoms with van der Waals surface area (Å²) < 4.78 is 0. The number of aliphatic hydroxyl groups excluding tert-OH is 2. The molecule has 5 nitrogen and oxygen atoms in total. The van der Waals surface area contributed by atoms with Crippen LogP contribution in [-0.2, 0) is 6.42 Å². The van der Waals surface area contributed by atoms with Crippen LogP contribution in [0.3, 0.4) is 0 Å². The summed E-state index contributed by atoms with van der Waals surface area (Å²) in [5.74, 6) is 6.82. The molecule has 162 valence electrons. The third-order valence-electron chi connectivity index (χ3n) is 7.09. The van der Waals surface area contributed by atoms with E-state index in [1.165, 1.54) is 5.56 Å². The smallest absolute Gasteiger partial charge is 0.141 e. The SMILES string of the molecule is O[C@@H]1CN(c2ccc(C#CC3(O)CN4CCC3CC4)c(Cc3ccccc3)c2)C[C@@H]1O. The lowest BCUT2D eigenvalue weighted by Gasteiger charge is -2.47. The van der Waals surface area contributed by atoms with E-state index in [0.717, 1.165) is 49.2 Å². The van der Waals surface area contributed by atoms with E-state index < -0.39 is 17.8 Å². The highest BCUT2D eigenvalue weighted by Gasteiger charge is 2.44. The molecule has 0 saturated carbocycles. The van der Waals surface area contributed by atoms with Crippen LogP contribution in [0.5, 0.6) is 0 Å². The second kappa shape index (κ2) is 8.29. The lowest BCUT2D eigenvalue weighted by molar-refractivity contribution is -0.0713. The minimum atomic E-state index is -0.928. The molecule has 0 aliphatic carbocycles. The summed E-state index contributed by atoms with van der Waals surface area (Å²) >= 11 is 0. The summed E-state index contributed by atoms with van der Waals surface area (Å²) in [6, 6.07) is 16.4. The van der Waals surface area contributed by atoms with E-state index in [9.17, 15) is 15.3 Å². The molecule has 6 rings (SSSR count). The first-order valence-corrected chi connectivity index (χ1v) is 11.3. The minimum absolute atomic E-state index is 0.259. The average Bonchev–Trinajstić information content (AvgIpc) is 3.12. The molecule has 0 amide bonds. The number of benzene rings is 2. The molecular formula is C26H30N2O3. The summed E-state index contributed by atoms with van der Waals surface area (Å²) in [6.45, 7) is 3.62. The maximum atomic E-state index is 11.2. The molecule has 2 aromatic carbocycles. The highest BCUT2D eigenvalue weighted by molar-refractivity contribution is 5.57. The van der Waals surface area contributed by atoms with Crippen LogP contribution in [0.15, 0.2) is 48.5 Å². The number of nitrogens with zero attached hydrogens (tertiary/aromatic N) is 2. The fourth-order valence-electron chi connectivity index (χ4n) is 5.20. The maximum absolute atomic E-state index is 11.2. The van der Waals surface area contributed by atoms with Crippen LogP contribution < -0.4 is 4.90 Å². The molecule has 5 heteroatoms. The Bertz CT molecular complexity index is 981. The van der Waals surface area contributed by atoms with Crippen molar-refractivity contribution in [1.82, 2.24) is 4.90 Å². The Morgan fingerprint density at radius 2 is 1.68 bits per heavy atom. The molecule has 4 aliphatic rings. The van der Waals surface area contributed by atoms with Gasteiger partial charge >= 0.3 is 0 Å². The summed E-state index contributed by atoms with van der Waals surface area (Å²) in [4.78, 5) is 4.33. The maximum Gasteiger partial charge on any atom is 0.141 e. The number of rotatable bonds is 3. The highest BCUT2D eigenvalue weighted by atomic mass is 16.3. The molecule has 4 heterocycles. The Balaban J connectivity index is 1.46. The highest BCUT2D eigenvalue weighted by Crippen LogP contribution is 2.35. The lowest BCUT2D eigenvalue weighted by atomic mass is 9.75. The van der Waals surface area contributed by atoms with Crippen molar-refractivity contribution in [1.29, 1.82) is 0 Å². The van der Waals surface area contributed by atoms with Crippen molar-refractivity contribution in [2.75, 3.05) is 37.6 Å². The zero-order valence-electron chi connectivity index (χ0n) is 17.7. The molecule has 0 radical (unpaired) electrons. The summed E-state index contributed by atoms with van der Waals surface area (Å²) in [6.07, 6.45) is 1.33. The molecule has 4 aliphatic heterocycles. The van der Waals surface area contributed by atoms with Gasteiger partial charge in [0.15, 0.2) is 0 Å². The van der Waals surface area contributed by atoms with Crippen LogP contribution in [-0.4, -0.2) is 70.8 Å². The number of fused-ring (bicyclic) bond motifs is 3. The molecule has 4 saturated heterocycles. The van der Waals surface area contributed by atoms with Gasteiger partial charge in [0, 0.05) is 36.8 Å². The van der Waals surface area contributed by atoms with E-state index >= 15 is 0 Å². The standard InChI is InChI=1S/C26H30N2O3/c29-24-16-28(17-25(24)30)23-7-6-20(21(15-23)14-19-4-2-1-3-5-19)8-11-26(31)18-27-12-9-22(26)10-13-27/h1-7,15,22,24-25,29-31H,9-10,12-14,16-18H2/t24-,25+,26?. The Hall–Kier alpha value is -2.36. The van der Waals surface area contributed by atoms with E-state index in [1.807, 2.05) is 35.2 Å². The predicted octanol–water partition coefficient (Wildman–Crippen LogP) is 1.63. The summed E-state index contributed by atoms with van der Waals surface area (Å²) in [7, 11) is 0. The monoisotopic (exact) mass is 418 g/mol. The van der Waals surface area contributed by atoms with E-state index in [2.05, 4.69) is 34.9 Å². The minimum Gasteiger partial charge on any atom is -0.389 e. The van der Waals surface area contributed by atoms with Gasteiger partial charge in [-0.2, -0.15) is 0 Å². The van der Waals surface area contributed by atoms with E-state index in [1.54, 1.807) is 0 Å². The summed E-state index contributed by atoms with van der Waals surface area (Å²) in [5, 5.41) is 31.1. The third kappa shape index (κ3) is 4.22. The van der Waals surface area contributed by atoms with Gasteiger partial charge < -0.3 is 20.2 Å². The van der Waals surface area contributed by atoms with Gasteiger partial charge in [0.05, 0.1) is 12.2 Å². The molecule has 3 atom stereocenters. The Kier molecular flexibility index (Phi) is 5.49. The molecule has 0 aromatic heterocycles. The van der Waals surface area contributed by atoms with Crippen molar-refractivity contribution in [3.63, 3.8) is 0 Å². The van der Waals surface area contributed by atoms with Gasteiger partial charge in [-0.1, -0.05) is 42.2 Å². The van der Waals surface area contributed by atoms with Crippen molar-refractivity contribution in [2.45, 2.75) is 37.1 Å². The van der Waals surface area contributed by atoms with Gasteiger partial charge in [0.25, 0.3) is 0 Å². The fraction of sp³-hybridized carbons (Fsp3) is 0.462. The van der Waals surface area contributed by atoms with Gasteiger partial charge in [0.2, 0.25) is 0 Å². The molecule has 2 bridgehead atoms.